The van der Waals surface area contributed by atoms with E-state index < -0.39 is 0 Å². The van der Waals surface area contributed by atoms with Crippen molar-refractivity contribution in [1.29, 1.82) is 0 Å². The molecule has 0 amide bonds. The van der Waals surface area contributed by atoms with Crippen LogP contribution < -0.4 is 10.6 Å². The number of guanidine groups is 1. The summed E-state index contributed by atoms with van der Waals surface area (Å²) < 4.78 is 0. The molecule has 1 aliphatic heterocycles. The number of nitrogens with one attached hydrogen (secondary N) is 2. The number of unbranched alkanes of at least 4 members (excludes halogenated alkanes) is 1. The van der Waals surface area contributed by atoms with Gasteiger partial charge in [0.25, 0.3) is 0 Å². The average Bonchev–Trinajstić information content (AvgIpc) is 2.49. The predicted octanol–water partition coefficient (Wildman–Crippen LogP) is 2.42. The van der Waals surface area contributed by atoms with E-state index in [1.165, 1.54) is 45.3 Å². The summed E-state index contributed by atoms with van der Waals surface area (Å²) in [5.74, 6) is 3.02. The second kappa shape index (κ2) is 12.2. The lowest BCUT2D eigenvalue weighted by Crippen LogP contribution is -2.38. The monoisotopic (exact) mass is 314 g/mol. The molecule has 0 aromatic carbocycles. The maximum Gasteiger partial charge on any atom is 0.191 e. The molecule has 5 heteroatoms. The lowest BCUT2D eigenvalue weighted by atomic mass is 9.99. The molecule has 2 N–H and O–H groups in total. The van der Waals surface area contributed by atoms with Crippen molar-refractivity contribution >= 4 is 17.7 Å². The molecular formula is C16H34N4S. The van der Waals surface area contributed by atoms with Crippen molar-refractivity contribution in [3.63, 3.8) is 0 Å². The number of thioether (sulfide) groups is 1. The maximum atomic E-state index is 4.65. The van der Waals surface area contributed by atoms with Crippen LogP contribution in [0.25, 0.3) is 0 Å². The third-order valence-electron chi connectivity index (χ3n) is 3.97. The Hall–Kier alpha value is -0.420. The molecule has 0 aliphatic carbocycles. The summed E-state index contributed by atoms with van der Waals surface area (Å²) in [5.41, 5.74) is 0. The molecule has 4 nitrogen and oxygen atoms in total. The van der Waals surface area contributed by atoms with Crippen molar-refractivity contribution < 1.29 is 0 Å². The molecule has 0 saturated carbocycles. The zero-order valence-corrected chi connectivity index (χ0v) is 15.0. The quantitative estimate of drug-likeness (QED) is 0.389. The van der Waals surface area contributed by atoms with Gasteiger partial charge in [-0.15, -0.1) is 0 Å². The molecular weight excluding hydrogens is 280 g/mol. The van der Waals surface area contributed by atoms with Crippen LogP contribution >= 0.6 is 11.8 Å². The van der Waals surface area contributed by atoms with E-state index in [0.29, 0.717) is 0 Å². The number of aliphatic imine (C=N–C) groups is 1. The van der Waals surface area contributed by atoms with E-state index >= 15 is 0 Å². The molecule has 1 fully saturated rings. The van der Waals surface area contributed by atoms with Gasteiger partial charge in [-0.25, -0.2) is 0 Å². The summed E-state index contributed by atoms with van der Waals surface area (Å²) in [4.78, 5) is 7.26. The highest BCUT2D eigenvalue weighted by atomic mass is 32.2. The lowest BCUT2D eigenvalue weighted by Gasteiger charge is -2.30. The molecule has 0 aromatic rings. The standard InChI is InChI=1S/C16H34N4S/c1-4-17-16(19-10-14-21-3)18-9-5-6-11-20-12-7-15(2)8-13-20/h15H,4-14H2,1-3H3,(H2,17,18,19). The van der Waals surface area contributed by atoms with E-state index in [2.05, 4.69) is 40.6 Å². The number of rotatable bonds is 9. The molecule has 1 heterocycles. The van der Waals surface area contributed by atoms with Crippen LogP contribution in [0, 0.1) is 5.92 Å². The van der Waals surface area contributed by atoms with Gasteiger partial charge in [0, 0.05) is 25.4 Å². The van der Waals surface area contributed by atoms with Crippen LogP contribution in [0.15, 0.2) is 4.99 Å². The van der Waals surface area contributed by atoms with Gasteiger partial charge in [-0.2, -0.15) is 11.8 Å². The van der Waals surface area contributed by atoms with E-state index in [9.17, 15) is 0 Å². The SMILES string of the molecule is CCNC(=NCCCCN1CCC(C)CC1)NCCSC. The van der Waals surface area contributed by atoms with Crippen LogP contribution in [0.1, 0.15) is 39.5 Å². The Morgan fingerprint density at radius 3 is 2.67 bits per heavy atom. The average molecular weight is 315 g/mol. The van der Waals surface area contributed by atoms with Crippen LogP contribution in [0.5, 0.6) is 0 Å². The van der Waals surface area contributed by atoms with Gasteiger partial charge >= 0.3 is 0 Å². The zero-order chi connectivity index (χ0) is 15.3. The summed E-state index contributed by atoms with van der Waals surface area (Å²) >= 11 is 1.86. The largest absolute Gasteiger partial charge is 0.357 e. The number of piperidine rings is 1. The minimum absolute atomic E-state index is 0.928. The Morgan fingerprint density at radius 2 is 2.00 bits per heavy atom. The van der Waals surface area contributed by atoms with Crippen molar-refractivity contribution in [2.75, 3.05) is 51.3 Å². The fraction of sp³-hybridized carbons (Fsp3) is 0.938. The first-order valence-corrected chi connectivity index (χ1v) is 9.89. The van der Waals surface area contributed by atoms with E-state index in [4.69, 9.17) is 0 Å². The summed E-state index contributed by atoms with van der Waals surface area (Å²) in [6, 6.07) is 0. The van der Waals surface area contributed by atoms with Crippen LogP contribution in [0.2, 0.25) is 0 Å². The van der Waals surface area contributed by atoms with Gasteiger partial charge in [0.2, 0.25) is 0 Å². The number of likely N-dealkylation sites (tertiary alicyclic amines) is 1. The molecule has 0 aromatic heterocycles. The Morgan fingerprint density at radius 1 is 1.24 bits per heavy atom. The molecule has 124 valence electrons. The third kappa shape index (κ3) is 9.25. The Kier molecular flexibility index (Phi) is 10.8. The van der Waals surface area contributed by atoms with Gasteiger partial charge < -0.3 is 15.5 Å². The minimum atomic E-state index is 0.928. The Bertz CT molecular complexity index is 275. The fourth-order valence-corrected chi connectivity index (χ4v) is 2.84. The lowest BCUT2D eigenvalue weighted by molar-refractivity contribution is 0.190. The third-order valence-corrected chi connectivity index (χ3v) is 4.58. The van der Waals surface area contributed by atoms with Crippen LogP contribution in [0.4, 0.5) is 0 Å². The minimum Gasteiger partial charge on any atom is -0.357 e. The predicted molar refractivity (Wildman–Crippen MR) is 96.4 cm³/mol. The van der Waals surface area contributed by atoms with E-state index in [1.54, 1.807) is 0 Å². The van der Waals surface area contributed by atoms with Crippen molar-refractivity contribution in [3.05, 3.63) is 0 Å². The smallest absolute Gasteiger partial charge is 0.191 e. The van der Waals surface area contributed by atoms with Crippen LogP contribution in [0.3, 0.4) is 0 Å². The number of hydrogen-bond acceptors (Lipinski definition) is 3. The normalized spacial score (nSPS) is 18.0. The highest BCUT2D eigenvalue weighted by molar-refractivity contribution is 7.98. The molecule has 0 radical (unpaired) electrons. The van der Waals surface area contributed by atoms with Gasteiger partial charge in [-0.3, -0.25) is 4.99 Å². The molecule has 0 unspecified atom stereocenters. The highest BCUT2D eigenvalue weighted by Gasteiger charge is 2.14. The summed E-state index contributed by atoms with van der Waals surface area (Å²) in [5, 5.41) is 6.68. The summed E-state index contributed by atoms with van der Waals surface area (Å²) in [6.45, 7) is 11.2. The first-order valence-electron chi connectivity index (χ1n) is 8.49. The highest BCUT2D eigenvalue weighted by Crippen LogP contribution is 2.16. The second-order valence-corrected chi connectivity index (χ2v) is 6.90. The van der Waals surface area contributed by atoms with Gasteiger partial charge in [0.1, 0.15) is 0 Å². The van der Waals surface area contributed by atoms with Crippen LogP contribution in [-0.2, 0) is 0 Å². The van der Waals surface area contributed by atoms with Crippen molar-refractivity contribution in [3.8, 4) is 0 Å². The molecule has 21 heavy (non-hydrogen) atoms. The van der Waals surface area contributed by atoms with Crippen LogP contribution in [-0.4, -0.2) is 62.1 Å². The summed E-state index contributed by atoms with van der Waals surface area (Å²) in [6.07, 6.45) is 7.34. The molecule has 1 saturated heterocycles. The number of nitrogens with zero attached hydrogens (tertiary/aromatic N) is 2. The van der Waals surface area contributed by atoms with E-state index in [-0.39, 0.29) is 0 Å². The topological polar surface area (TPSA) is 39.7 Å². The van der Waals surface area contributed by atoms with Gasteiger partial charge in [0.15, 0.2) is 5.96 Å². The van der Waals surface area contributed by atoms with Gasteiger partial charge in [-0.05, 0) is 64.4 Å². The molecule has 0 spiro atoms. The molecule has 0 bridgehead atoms. The first kappa shape index (κ1) is 18.6. The number of hydrogen-bond donors (Lipinski definition) is 2. The molecule has 1 aliphatic rings. The van der Waals surface area contributed by atoms with E-state index in [0.717, 1.165) is 37.3 Å². The zero-order valence-electron chi connectivity index (χ0n) is 14.2. The maximum absolute atomic E-state index is 4.65. The van der Waals surface area contributed by atoms with Gasteiger partial charge in [0.05, 0.1) is 0 Å². The van der Waals surface area contributed by atoms with Crippen molar-refractivity contribution in [2.45, 2.75) is 39.5 Å². The fourth-order valence-electron chi connectivity index (χ4n) is 2.54. The molecule has 1 rings (SSSR count). The Balaban J connectivity index is 2.09. The first-order chi connectivity index (χ1) is 10.3. The van der Waals surface area contributed by atoms with E-state index in [1.807, 2.05) is 11.8 Å². The summed E-state index contributed by atoms with van der Waals surface area (Å²) in [7, 11) is 0. The van der Waals surface area contributed by atoms with Gasteiger partial charge in [-0.1, -0.05) is 6.92 Å². The van der Waals surface area contributed by atoms with Crippen molar-refractivity contribution in [2.24, 2.45) is 10.9 Å². The molecule has 0 atom stereocenters. The van der Waals surface area contributed by atoms with Crippen molar-refractivity contribution in [1.82, 2.24) is 15.5 Å². The Labute approximate surface area is 135 Å². The second-order valence-electron chi connectivity index (χ2n) is 5.91.